The molecule has 5 nitrogen and oxygen atoms in total. The summed E-state index contributed by atoms with van der Waals surface area (Å²) in [7, 11) is 0. The molecule has 0 saturated carbocycles. The summed E-state index contributed by atoms with van der Waals surface area (Å²) in [5, 5.41) is 10.7. The molecule has 126 valence electrons. The van der Waals surface area contributed by atoms with Gasteiger partial charge in [-0.3, -0.25) is 0 Å². The van der Waals surface area contributed by atoms with Gasteiger partial charge in [-0.2, -0.15) is 0 Å². The number of benzene rings is 1. The van der Waals surface area contributed by atoms with E-state index in [9.17, 15) is 9.90 Å². The van der Waals surface area contributed by atoms with Gasteiger partial charge >= 0.3 is 5.97 Å². The molecule has 0 aromatic heterocycles. The molecule has 0 spiro atoms. The number of rotatable bonds is 1. The molecule has 4 aliphatic heterocycles. The number of carboxylic acid groups (broad SMARTS) is 1. The molecule has 1 aromatic rings. The van der Waals surface area contributed by atoms with Crippen molar-refractivity contribution in [2.24, 2.45) is 11.8 Å². The van der Waals surface area contributed by atoms with E-state index in [1.807, 2.05) is 25.1 Å². The molecule has 0 fully saturated rings. The molecule has 0 saturated heterocycles. The van der Waals surface area contributed by atoms with E-state index in [1.54, 1.807) is 0 Å². The van der Waals surface area contributed by atoms with Gasteiger partial charge in [-0.25, -0.2) is 9.78 Å². The second kappa shape index (κ2) is 5.09. The largest absolute Gasteiger partial charge is 0.497 e. The van der Waals surface area contributed by atoms with E-state index in [0.717, 1.165) is 34.4 Å². The molecule has 4 heterocycles. The van der Waals surface area contributed by atoms with Crippen molar-refractivity contribution in [3.8, 4) is 11.3 Å². The Morgan fingerprint density at radius 2 is 2.16 bits per heavy atom. The molecular formula is C20H18N2O3. The molecule has 3 atom stereocenters. The molecular weight excluding hydrogens is 316 g/mol. The molecule has 0 unspecified atom stereocenters. The maximum atomic E-state index is 11.7. The van der Waals surface area contributed by atoms with E-state index < -0.39 is 5.97 Å². The maximum Gasteiger partial charge on any atom is 0.334 e. The van der Waals surface area contributed by atoms with Gasteiger partial charge in [0, 0.05) is 41.2 Å². The van der Waals surface area contributed by atoms with E-state index in [4.69, 9.17) is 9.72 Å². The van der Waals surface area contributed by atoms with Crippen LogP contribution in [0.25, 0.3) is 22.2 Å². The molecule has 1 N–H and O–H groups in total. The second-order valence-corrected chi connectivity index (χ2v) is 7.00. The Morgan fingerprint density at radius 1 is 1.32 bits per heavy atom. The molecule has 5 heteroatoms. The Balaban J connectivity index is 1.68. The van der Waals surface area contributed by atoms with E-state index in [1.165, 1.54) is 6.26 Å². The third kappa shape index (κ3) is 2.02. The van der Waals surface area contributed by atoms with E-state index in [0.29, 0.717) is 12.0 Å². The second-order valence-electron chi connectivity index (χ2n) is 7.00. The molecule has 25 heavy (non-hydrogen) atoms. The first-order valence-corrected chi connectivity index (χ1v) is 8.59. The van der Waals surface area contributed by atoms with Crippen molar-refractivity contribution >= 4 is 16.9 Å². The number of para-hydroxylation sites is 1. The fourth-order valence-electron chi connectivity index (χ4n) is 4.38. The van der Waals surface area contributed by atoms with Crippen molar-refractivity contribution < 1.29 is 14.6 Å². The molecule has 4 aliphatic rings. The summed E-state index contributed by atoms with van der Waals surface area (Å²) >= 11 is 0. The number of hydrogen-bond acceptors (Lipinski definition) is 3. The van der Waals surface area contributed by atoms with Gasteiger partial charge in [0.15, 0.2) is 0 Å². The van der Waals surface area contributed by atoms with Crippen LogP contribution >= 0.6 is 0 Å². The van der Waals surface area contributed by atoms with Crippen molar-refractivity contribution in [3.63, 3.8) is 0 Å². The van der Waals surface area contributed by atoms with Crippen LogP contribution in [-0.4, -0.2) is 26.7 Å². The molecule has 0 bridgehead atoms. The lowest BCUT2D eigenvalue weighted by Crippen LogP contribution is -2.42. The lowest BCUT2D eigenvalue weighted by molar-refractivity contribution is -0.134. The summed E-state index contributed by atoms with van der Waals surface area (Å²) in [5.41, 5.74) is 4.62. The highest BCUT2D eigenvalue weighted by molar-refractivity contribution is 5.98. The third-order valence-corrected chi connectivity index (χ3v) is 5.72. The highest BCUT2D eigenvalue weighted by atomic mass is 16.5. The summed E-state index contributed by atoms with van der Waals surface area (Å²) in [6.07, 6.45) is 4.24. The molecule has 0 amide bonds. The van der Waals surface area contributed by atoms with E-state index in [2.05, 4.69) is 22.9 Å². The highest BCUT2D eigenvalue weighted by Gasteiger charge is 2.41. The minimum atomic E-state index is -0.886. The van der Waals surface area contributed by atoms with Crippen molar-refractivity contribution in [1.29, 1.82) is 0 Å². The van der Waals surface area contributed by atoms with Crippen molar-refractivity contribution in [2.45, 2.75) is 26.0 Å². The van der Waals surface area contributed by atoms with Gasteiger partial charge in [-0.15, -0.1) is 0 Å². The average Bonchev–Trinajstić information content (AvgIpc) is 3.00. The predicted octanol–water partition coefficient (Wildman–Crippen LogP) is 3.32. The Bertz CT molecular complexity index is 1000. The van der Waals surface area contributed by atoms with Gasteiger partial charge in [0.05, 0.1) is 23.0 Å². The van der Waals surface area contributed by atoms with Crippen LogP contribution in [0.4, 0.5) is 0 Å². The zero-order valence-electron chi connectivity index (χ0n) is 13.8. The Hall–Kier alpha value is -2.82. The monoisotopic (exact) mass is 334 g/mol. The number of carbonyl (C=O) groups is 1. The average molecular weight is 334 g/mol. The first kappa shape index (κ1) is 14.5. The zero-order valence-corrected chi connectivity index (χ0v) is 13.8. The first-order chi connectivity index (χ1) is 12.1. The SMILES string of the molecule is C[C@@H]1OC=C(C(=O)O)[C@H]2Cc3c4nc5ccccc5c-4ccn3C[C@@H]12. The van der Waals surface area contributed by atoms with Gasteiger partial charge < -0.3 is 14.4 Å². The van der Waals surface area contributed by atoms with Crippen LogP contribution in [0.3, 0.4) is 0 Å². The predicted molar refractivity (Wildman–Crippen MR) is 93.3 cm³/mol. The minimum absolute atomic E-state index is 0.0103. The van der Waals surface area contributed by atoms with Crippen molar-refractivity contribution in [1.82, 2.24) is 9.55 Å². The summed E-state index contributed by atoms with van der Waals surface area (Å²) in [4.78, 5) is 16.5. The van der Waals surface area contributed by atoms with Crippen molar-refractivity contribution in [2.75, 3.05) is 0 Å². The Kier molecular flexibility index (Phi) is 2.95. The molecule has 5 rings (SSSR count). The van der Waals surface area contributed by atoms with Crippen molar-refractivity contribution in [3.05, 3.63) is 54.1 Å². The number of aliphatic carboxylic acids is 1. The summed E-state index contributed by atoms with van der Waals surface area (Å²) in [6.45, 7) is 2.77. The van der Waals surface area contributed by atoms with Crippen LogP contribution in [-0.2, 0) is 22.5 Å². The highest BCUT2D eigenvalue weighted by Crippen LogP contribution is 2.42. The van der Waals surface area contributed by atoms with Crippen LogP contribution < -0.4 is 0 Å². The van der Waals surface area contributed by atoms with Gasteiger partial charge in [0.2, 0.25) is 0 Å². The fourth-order valence-corrected chi connectivity index (χ4v) is 4.38. The van der Waals surface area contributed by atoms with Crippen LogP contribution in [0.15, 0.2) is 48.4 Å². The number of aromatic nitrogens is 2. The quantitative estimate of drug-likeness (QED) is 0.741. The summed E-state index contributed by atoms with van der Waals surface area (Å²) in [6, 6.07) is 10.3. The number of carboxylic acids is 1. The topological polar surface area (TPSA) is 64.3 Å². The normalized spacial score (nSPS) is 25.2. The standard InChI is InChI=1S/C20H18N2O3/c1-11-15-9-22-7-6-13-12-4-2-3-5-17(12)21-19(13)18(22)8-14(15)16(10-25-11)20(23)24/h2-7,10-11,14-15H,8-9H2,1H3,(H,23,24)/t11-,14-,15-/m0/s1. The zero-order chi connectivity index (χ0) is 17.1. The lowest BCUT2D eigenvalue weighted by atomic mass is 9.75. The number of ether oxygens (including phenoxy) is 1. The number of nitrogens with zero attached hydrogens (tertiary/aromatic N) is 2. The Morgan fingerprint density at radius 3 is 3.00 bits per heavy atom. The van der Waals surface area contributed by atoms with Gasteiger partial charge in [0.1, 0.15) is 6.10 Å². The smallest absolute Gasteiger partial charge is 0.334 e. The maximum absolute atomic E-state index is 11.7. The third-order valence-electron chi connectivity index (χ3n) is 5.72. The van der Waals surface area contributed by atoms with Crippen LogP contribution in [0.1, 0.15) is 12.6 Å². The van der Waals surface area contributed by atoms with Crippen LogP contribution in [0.5, 0.6) is 0 Å². The van der Waals surface area contributed by atoms with Crippen LogP contribution in [0.2, 0.25) is 0 Å². The minimum Gasteiger partial charge on any atom is -0.497 e. The molecule has 1 aromatic carbocycles. The van der Waals surface area contributed by atoms with E-state index in [-0.39, 0.29) is 17.9 Å². The first-order valence-electron chi connectivity index (χ1n) is 8.59. The van der Waals surface area contributed by atoms with E-state index >= 15 is 0 Å². The molecule has 0 aliphatic carbocycles. The summed E-state index contributed by atoms with van der Waals surface area (Å²) in [5.74, 6) is -0.759. The van der Waals surface area contributed by atoms with Crippen LogP contribution in [0, 0.1) is 11.8 Å². The lowest BCUT2D eigenvalue weighted by Gasteiger charge is -2.40. The number of hydrogen-bond donors (Lipinski definition) is 1. The Labute approximate surface area is 144 Å². The number of fused-ring (bicyclic) bond motifs is 6. The summed E-state index contributed by atoms with van der Waals surface area (Å²) < 4.78 is 7.82. The fraction of sp³-hybridized carbons (Fsp3) is 0.300. The van der Waals surface area contributed by atoms with Gasteiger partial charge in [-0.05, 0) is 25.5 Å². The van der Waals surface area contributed by atoms with Gasteiger partial charge in [0.25, 0.3) is 0 Å². The number of pyridine rings is 1. The van der Waals surface area contributed by atoms with Gasteiger partial charge in [-0.1, -0.05) is 18.2 Å². The molecule has 0 radical (unpaired) electrons.